The van der Waals surface area contributed by atoms with E-state index < -0.39 is 23.7 Å². The van der Waals surface area contributed by atoms with E-state index in [1.807, 2.05) is 54.6 Å². The van der Waals surface area contributed by atoms with Crippen molar-refractivity contribution in [1.29, 1.82) is 0 Å². The number of amides is 3. The highest BCUT2D eigenvalue weighted by atomic mass is 32.2. The van der Waals surface area contributed by atoms with E-state index in [1.165, 1.54) is 0 Å². The highest BCUT2D eigenvalue weighted by molar-refractivity contribution is 7.99. The van der Waals surface area contributed by atoms with Crippen molar-refractivity contribution < 1.29 is 19.1 Å². The lowest BCUT2D eigenvalue weighted by Crippen LogP contribution is -2.51. The average Bonchev–Trinajstić information content (AvgIpc) is 2.98. The molecule has 0 aromatic heterocycles. The number of nitrogens with two attached hydrogens (primary N) is 2. The topological polar surface area (TPSA) is 119 Å². The molecule has 1 unspecified atom stereocenters. The fraction of sp³-hybridized carbons (Fsp3) is 0.375. The van der Waals surface area contributed by atoms with Gasteiger partial charge in [0.15, 0.2) is 0 Å². The molecule has 0 fully saturated rings. The standard InChI is InChI=1S/C24H30N4O4S/c1-2-28(26)24(31)19(16-32-15-17-8-4-3-5-9-17)18(23(25)30)14-27-20-10-6-7-11-21(20)33-13-12-22(27)29/h3-11,18-19H,2,12-16,26H2,1H3,(H2,25,30)/t18?,19-/m0/s1. The maximum Gasteiger partial charge on any atom is 0.242 e. The molecule has 1 aliphatic heterocycles. The Hall–Kier alpha value is -2.88. The summed E-state index contributed by atoms with van der Waals surface area (Å²) in [5, 5.41) is 1.06. The Kier molecular flexibility index (Phi) is 8.87. The van der Waals surface area contributed by atoms with Gasteiger partial charge in [0.2, 0.25) is 17.7 Å². The van der Waals surface area contributed by atoms with Crippen LogP contribution in [0, 0.1) is 11.8 Å². The van der Waals surface area contributed by atoms with Gasteiger partial charge >= 0.3 is 0 Å². The number of hydrogen-bond donors (Lipinski definition) is 2. The van der Waals surface area contributed by atoms with Crippen molar-refractivity contribution in [2.45, 2.75) is 24.8 Å². The zero-order chi connectivity index (χ0) is 23.8. The smallest absolute Gasteiger partial charge is 0.242 e. The molecule has 176 valence electrons. The molecule has 1 aliphatic rings. The van der Waals surface area contributed by atoms with Crippen molar-refractivity contribution >= 4 is 35.2 Å². The van der Waals surface area contributed by atoms with Gasteiger partial charge in [0.25, 0.3) is 0 Å². The molecule has 1 heterocycles. The molecule has 3 rings (SSSR count). The molecule has 0 saturated heterocycles. The predicted molar refractivity (Wildman–Crippen MR) is 128 cm³/mol. The summed E-state index contributed by atoms with van der Waals surface area (Å²) in [6, 6.07) is 17.0. The quantitative estimate of drug-likeness (QED) is 0.312. The highest BCUT2D eigenvalue weighted by Gasteiger charge is 2.38. The summed E-state index contributed by atoms with van der Waals surface area (Å²) in [5.74, 6) is 3.41. The van der Waals surface area contributed by atoms with Gasteiger partial charge in [0.1, 0.15) is 0 Å². The molecule has 4 N–H and O–H groups in total. The van der Waals surface area contributed by atoms with Crippen LogP contribution in [0.3, 0.4) is 0 Å². The fourth-order valence-corrected chi connectivity index (χ4v) is 4.74. The number of carbonyl (C=O) groups excluding carboxylic acids is 3. The number of rotatable bonds is 10. The molecule has 0 saturated carbocycles. The van der Waals surface area contributed by atoms with E-state index in [2.05, 4.69) is 0 Å². The van der Waals surface area contributed by atoms with E-state index in [0.717, 1.165) is 15.5 Å². The third-order valence-corrected chi connectivity index (χ3v) is 6.68. The number of benzene rings is 2. The molecule has 0 radical (unpaired) electrons. The number of carbonyl (C=O) groups is 3. The first-order valence-electron chi connectivity index (χ1n) is 10.9. The van der Waals surface area contributed by atoms with Crippen LogP contribution in [-0.4, -0.2) is 48.2 Å². The molecule has 9 heteroatoms. The van der Waals surface area contributed by atoms with Crippen LogP contribution < -0.4 is 16.5 Å². The first-order chi connectivity index (χ1) is 15.9. The number of para-hydroxylation sites is 1. The van der Waals surface area contributed by atoms with Crippen molar-refractivity contribution in [3.63, 3.8) is 0 Å². The number of hydrazine groups is 1. The van der Waals surface area contributed by atoms with Gasteiger partial charge in [-0.3, -0.25) is 19.4 Å². The summed E-state index contributed by atoms with van der Waals surface area (Å²) >= 11 is 1.59. The van der Waals surface area contributed by atoms with Crippen LogP contribution >= 0.6 is 11.8 Å². The van der Waals surface area contributed by atoms with Crippen LogP contribution in [0.4, 0.5) is 5.69 Å². The van der Waals surface area contributed by atoms with Crippen LogP contribution in [0.15, 0.2) is 59.5 Å². The van der Waals surface area contributed by atoms with Crippen LogP contribution in [0.5, 0.6) is 0 Å². The Morgan fingerprint density at radius 2 is 1.82 bits per heavy atom. The number of fused-ring (bicyclic) bond motifs is 1. The first kappa shape index (κ1) is 24.8. The number of anilines is 1. The number of hydrogen-bond acceptors (Lipinski definition) is 6. The minimum absolute atomic E-state index is 0.0194. The number of primary amides is 1. The van der Waals surface area contributed by atoms with Gasteiger partial charge in [0.05, 0.1) is 30.7 Å². The van der Waals surface area contributed by atoms with Crippen molar-refractivity contribution in [3.05, 3.63) is 60.2 Å². The monoisotopic (exact) mass is 470 g/mol. The van der Waals surface area contributed by atoms with E-state index in [4.69, 9.17) is 16.3 Å². The summed E-state index contributed by atoms with van der Waals surface area (Å²) in [6.45, 7) is 2.21. The molecule has 8 nitrogen and oxygen atoms in total. The zero-order valence-electron chi connectivity index (χ0n) is 18.7. The molecule has 3 amide bonds. The largest absolute Gasteiger partial charge is 0.376 e. The minimum Gasteiger partial charge on any atom is -0.376 e. The Labute approximate surface area is 198 Å². The van der Waals surface area contributed by atoms with Crippen molar-refractivity contribution in [3.8, 4) is 0 Å². The maximum atomic E-state index is 13.1. The fourth-order valence-electron chi connectivity index (χ4n) is 3.74. The van der Waals surface area contributed by atoms with Crippen LogP contribution in [-0.2, 0) is 25.7 Å². The minimum atomic E-state index is -0.967. The summed E-state index contributed by atoms with van der Waals surface area (Å²) < 4.78 is 5.82. The molecular formula is C24H30N4O4S. The van der Waals surface area contributed by atoms with Gasteiger partial charge in [-0.25, -0.2) is 5.84 Å². The summed E-state index contributed by atoms with van der Waals surface area (Å²) in [4.78, 5) is 41.1. The third-order valence-electron chi connectivity index (χ3n) is 5.61. The molecule has 0 bridgehead atoms. The summed E-state index contributed by atoms with van der Waals surface area (Å²) in [7, 11) is 0. The van der Waals surface area contributed by atoms with Gasteiger partial charge in [-0.2, -0.15) is 0 Å². The van der Waals surface area contributed by atoms with E-state index in [9.17, 15) is 14.4 Å². The first-order valence-corrected chi connectivity index (χ1v) is 11.9. The SMILES string of the molecule is CCN(N)C(=O)[C@@H](COCc1ccccc1)C(CN1C(=O)CCSc2ccccc21)C(N)=O. The lowest BCUT2D eigenvalue weighted by molar-refractivity contribution is -0.144. The molecule has 2 aromatic rings. The van der Waals surface area contributed by atoms with Crippen LogP contribution in [0.1, 0.15) is 18.9 Å². The molecule has 2 aromatic carbocycles. The normalized spacial score (nSPS) is 15.3. The zero-order valence-corrected chi connectivity index (χ0v) is 19.5. The number of nitrogens with zero attached hydrogens (tertiary/aromatic N) is 2. The van der Waals surface area contributed by atoms with Crippen LogP contribution in [0.25, 0.3) is 0 Å². The second kappa shape index (κ2) is 11.8. The van der Waals surface area contributed by atoms with Gasteiger partial charge in [-0.15, -0.1) is 11.8 Å². The Morgan fingerprint density at radius 1 is 1.12 bits per heavy atom. The van der Waals surface area contributed by atoms with Crippen molar-refractivity contribution in [2.75, 3.05) is 30.3 Å². The molecule has 0 aliphatic carbocycles. The van der Waals surface area contributed by atoms with Crippen molar-refractivity contribution in [2.24, 2.45) is 23.4 Å². The second-order valence-electron chi connectivity index (χ2n) is 7.81. The summed E-state index contributed by atoms with van der Waals surface area (Å²) in [6.07, 6.45) is 0.325. The van der Waals surface area contributed by atoms with E-state index in [1.54, 1.807) is 23.6 Å². The molecular weight excluding hydrogens is 440 g/mol. The number of thioether (sulfide) groups is 1. The maximum absolute atomic E-state index is 13.1. The van der Waals surface area contributed by atoms with E-state index in [0.29, 0.717) is 17.9 Å². The van der Waals surface area contributed by atoms with Gasteiger partial charge in [-0.1, -0.05) is 42.5 Å². The average molecular weight is 471 g/mol. The Balaban J connectivity index is 1.85. The van der Waals surface area contributed by atoms with Crippen molar-refractivity contribution in [1.82, 2.24) is 5.01 Å². The predicted octanol–water partition coefficient (Wildman–Crippen LogP) is 2.17. The highest BCUT2D eigenvalue weighted by Crippen LogP contribution is 2.35. The summed E-state index contributed by atoms with van der Waals surface area (Å²) in [5.41, 5.74) is 7.43. The Bertz CT molecular complexity index is 972. The van der Waals surface area contributed by atoms with E-state index in [-0.39, 0.29) is 32.2 Å². The lowest BCUT2D eigenvalue weighted by atomic mass is 9.90. The lowest BCUT2D eigenvalue weighted by Gasteiger charge is -2.32. The van der Waals surface area contributed by atoms with Gasteiger partial charge in [0, 0.05) is 30.2 Å². The van der Waals surface area contributed by atoms with Gasteiger partial charge in [-0.05, 0) is 24.6 Å². The van der Waals surface area contributed by atoms with E-state index >= 15 is 0 Å². The number of ether oxygens (including phenoxy) is 1. The third kappa shape index (κ3) is 6.34. The Morgan fingerprint density at radius 3 is 2.52 bits per heavy atom. The van der Waals surface area contributed by atoms with Gasteiger partial charge < -0.3 is 15.4 Å². The molecule has 0 spiro atoms. The molecule has 2 atom stereocenters. The second-order valence-corrected chi connectivity index (χ2v) is 8.95. The molecule has 33 heavy (non-hydrogen) atoms. The van der Waals surface area contributed by atoms with Crippen LogP contribution in [0.2, 0.25) is 0 Å².